The molecule has 7 nitrogen and oxygen atoms in total. The molecule has 3 rings (SSSR count). The van der Waals surface area contributed by atoms with Crippen LogP contribution < -0.4 is 10.6 Å². The average molecular weight is 326 g/mol. The highest BCUT2D eigenvalue weighted by atomic mass is 16.5. The molecule has 2 aromatic heterocycles. The van der Waals surface area contributed by atoms with Gasteiger partial charge in [-0.3, -0.25) is 0 Å². The number of carbonyl (C=O) groups is 1. The van der Waals surface area contributed by atoms with Crippen LogP contribution in [0.3, 0.4) is 0 Å². The molecule has 0 aliphatic rings. The molecule has 1 atom stereocenters. The van der Waals surface area contributed by atoms with Crippen LogP contribution in [0.1, 0.15) is 20.3 Å². The fourth-order valence-electron chi connectivity index (χ4n) is 2.07. The minimum Gasteiger partial charge on any atom is -0.459 e. The second kappa shape index (κ2) is 6.99. The molecule has 7 heteroatoms. The van der Waals surface area contributed by atoms with Crippen molar-refractivity contribution in [1.82, 2.24) is 15.5 Å². The monoisotopic (exact) mass is 326 g/mol. The fraction of sp³-hybridized carbons (Fsp3) is 0.235. The van der Waals surface area contributed by atoms with Gasteiger partial charge in [0.1, 0.15) is 0 Å². The molecule has 2 amide bonds. The lowest BCUT2D eigenvalue weighted by atomic mass is 10.2. The van der Waals surface area contributed by atoms with E-state index < -0.39 is 0 Å². The van der Waals surface area contributed by atoms with Gasteiger partial charge in [0.15, 0.2) is 5.76 Å². The maximum Gasteiger partial charge on any atom is 0.319 e. The Kier molecular flexibility index (Phi) is 4.60. The van der Waals surface area contributed by atoms with Gasteiger partial charge < -0.3 is 19.6 Å². The molecule has 1 aromatic carbocycles. The molecule has 2 N–H and O–H groups in total. The fourth-order valence-corrected chi connectivity index (χ4v) is 2.07. The maximum absolute atomic E-state index is 11.9. The van der Waals surface area contributed by atoms with Crippen LogP contribution in [-0.2, 0) is 0 Å². The van der Waals surface area contributed by atoms with Crippen molar-refractivity contribution in [2.75, 3.05) is 5.32 Å². The maximum atomic E-state index is 11.9. The first-order chi connectivity index (χ1) is 11.7. The predicted octanol–water partition coefficient (Wildman–Crippen LogP) is 3.92. The summed E-state index contributed by atoms with van der Waals surface area (Å²) in [6.45, 7) is 3.96. The van der Waals surface area contributed by atoms with E-state index in [1.54, 1.807) is 30.5 Å². The number of urea groups is 1. The second-order valence-electron chi connectivity index (χ2n) is 5.39. The molecule has 0 unspecified atom stereocenters. The van der Waals surface area contributed by atoms with E-state index in [1.165, 1.54) is 0 Å². The third-order valence-electron chi connectivity index (χ3n) is 3.53. The molecule has 3 aromatic rings. The molecule has 0 saturated carbocycles. The van der Waals surface area contributed by atoms with Gasteiger partial charge >= 0.3 is 6.03 Å². The van der Waals surface area contributed by atoms with Gasteiger partial charge in [-0.25, -0.2) is 4.79 Å². The minimum atomic E-state index is -0.245. The largest absolute Gasteiger partial charge is 0.459 e. The smallest absolute Gasteiger partial charge is 0.319 e. The zero-order chi connectivity index (χ0) is 16.9. The van der Waals surface area contributed by atoms with Crippen LogP contribution >= 0.6 is 0 Å². The quantitative estimate of drug-likeness (QED) is 0.741. The van der Waals surface area contributed by atoms with E-state index >= 15 is 0 Å². The Hall–Kier alpha value is -3.09. The molecular weight excluding hydrogens is 308 g/mol. The Balaban J connectivity index is 1.75. The molecule has 0 aliphatic carbocycles. The van der Waals surface area contributed by atoms with Gasteiger partial charge in [-0.1, -0.05) is 24.2 Å². The van der Waals surface area contributed by atoms with Crippen molar-refractivity contribution in [2.24, 2.45) is 0 Å². The van der Waals surface area contributed by atoms with Gasteiger partial charge in [-0.2, -0.15) is 4.98 Å². The zero-order valence-electron chi connectivity index (χ0n) is 13.4. The molecule has 0 fully saturated rings. The van der Waals surface area contributed by atoms with Gasteiger partial charge in [-0.15, -0.1) is 0 Å². The number of carbonyl (C=O) groups excluding carboxylic acids is 1. The minimum absolute atomic E-state index is 0.112. The Bertz CT molecular complexity index is 811. The molecule has 0 radical (unpaired) electrons. The summed E-state index contributed by atoms with van der Waals surface area (Å²) in [5.41, 5.74) is 1.38. The van der Waals surface area contributed by atoms with Crippen molar-refractivity contribution in [3.8, 4) is 23.0 Å². The summed E-state index contributed by atoms with van der Waals surface area (Å²) in [6.07, 6.45) is 2.41. The lowest BCUT2D eigenvalue weighted by Crippen LogP contribution is -2.35. The summed E-state index contributed by atoms with van der Waals surface area (Å²) in [4.78, 5) is 16.2. The highest BCUT2D eigenvalue weighted by Crippen LogP contribution is 2.24. The van der Waals surface area contributed by atoms with E-state index in [0.717, 1.165) is 12.0 Å². The Morgan fingerprint density at radius 2 is 2.17 bits per heavy atom. The van der Waals surface area contributed by atoms with Crippen molar-refractivity contribution in [3.63, 3.8) is 0 Å². The van der Waals surface area contributed by atoms with Gasteiger partial charge in [0.25, 0.3) is 5.89 Å². The summed E-state index contributed by atoms with van der Waals surface area (Å²) in [5, 5.41) is 9.59. The number of furan rings is 1. The SMILES string of the molecule is CC[C@H](C)NC(=O)Nc1cccc(-c2noc(-c3ccco3)n2)c1. The lowest BCUT2D eigenvalue weighted by molar-refractivity contribution is 0.249. The number of aromatic nitrogens is 2. The van der Waals surface area contributed by atoms with E-state index in [-0.39, 0.29) is 12.1 Å². The van der Waals surface area contributed by atoms with E-state index in [2.05, 4.69) is 20.8 Å². The number of nitrogens with one attached hydrogen (secondary N) is 2. The van der Waals surface area contributed by atoms with Crippen LogP contribution in [-0.4, -0.2) is 22.2 Å². The standard InChI is InChI=1S/C17H18N4O3/c1-3-11(2)18-17(22)19-13-7-4-6-12(10-13)15-20-16(24-21-15)14-8-5-9-23-14/h4-11H,3H2,1-2H3,(H2,18,19,22)/t11-/m0/s1. The third kappa shape index (κ3) is 3.62. The van der Waals surface area contributed by atoms with Crippen molar-refractivity contribution in [2.45, 2.75) is 26.3 Å². The third-order valence-corrected chi connectivity index (χ3v) is 3.53. The topological polar surface area (TPSA) is 93.2 Å². The number of benzene rings is 1. The van der Waals surface area contributed by atoms with E-state index in [0.29, 0.717) is 23.2 Å². The van der Waals surface area contributed by atoms with Crippen LogP contribution in [0.25, 0.3) is 23.0 Å². The Labute approximate surface area is 139 Å². The second-order valence-corrected chi connectivity index (χ2v) is 5.39. The van der Waals surface area contributed by atoms with E-state index in [4.69, 9.17) is 8.94 Å². The Morgan fingerprint density at radius 3 is 2.92 bits per heavy atom. The van der Waals surface area contributed by atoms with E-state index in [1.807, 2.05) is 26.0 Å². The van der Waals surface area contributed by atoms with Crippen LogP contribution in [0.2, 0.25) is 0 Å². The number of nitrogens with zero attached hydrogens (tertiary/aromatic N) is 2. The molecule has 0 saturated heterocycles. The number of hydrogen-bond donors (Lipinski definition) is 2. The van der Waals surface area contributed by atoms with Crippen molar-refractivity contribution in [1.29, 1.82) is 0 Å². The summed E-state index contributed by atoms with van der Waals surface area (Å²) >= 11 is 0. The van der Waals surface area contributed by atoms with E-state index in [9.17, 15) is 4.79 Å². The van der Waals surface area contributed by atoms with Crippen LogP contribution in [0.15, 0.2) is 51.6 Å². The normalized spacial score (nSPS) is 11.9. The summed E-state index contributed by atoms with van der Waals surface area (Å²) in [5.74, 6) is 1.24. The van der Waals surface area contributed by atoms with Crippen molar-refractivity contribution >= 4 is 11.7 Å². The van der Waals surface area contributed by atoms with Gasteiger partial charge in [0.05, 0.1) is 6.26 Å². The lowest BCUT2D eigenvalue weighted by Gasteiger charge is -2.12. The molecule has 0 spiro atoms. The highest BCUT2D eigenvalue weighted by molar-refractivity contribution is 5.90. The molecular formula is C17H18N4O3. The molecule has 124 valence electrons. The molecule has 2 heterocycles. The molecule has 24 heavy (non-hydrogen) atoms. The molecule has 0 bridgehead atoms. The van der Waals surface area contributed by atoms with Crippen LogP contribution in [0.4, 0.5) is 10.5 Å². The first kappa shape index (κ1) is 15.8. The van der Waals surface area contributed by atoms with Crippen LogP contribution in [0, 0.1) is 0 Å². The van der Waals surface area contributed by atoms with Gasteiger partial charge in [0.2, 0.25) is 5.82 Å². The van der Waals surface area contributed by atoms with Crippen molar-refractivity contribution < 1.29 is 13.7 Å². The molecule has 0 aliphatic heterocycles. The summed E-state index contributed by atoms with van der Waals surface area (Å²) < 4.78 is 10.4. The summed E-state index contributed by atoms with van der Waals surface area (Å²) in [6, 6.07) is 10.6. The Morgan fingerprint density at radius 1 is 1.29 bits per heavy atom. The van der Waals surface area contributed by atoms with Crippen molar-refractivity contribution in [3.05, 3.63) is 42.7 Å². The highest BCUT2D eigenvalue weighted by Gasteiger charge is 2.13. The predicted molar refractivity (Wildman–Crippen MR) is 89.3 cm³/mol. The first-order valence-corrected chi connectivity index (χ1v) is 7.71. The number of rotatable bonds is 5. The zero-order valence-corrected chi connectivity index (χ0v) is 13.4. The number of amides is 2. The number of hydrogen-bond acceptors (Lipinski definition) is 5. The van der Waals surface area contributed by atoms with Crippen LogP contribution in [0.5, 0.6) is 0 Å². The first-order valence-electron chi connectivity index (χ1n) is 7.71. The van der Waals surface area contributed by atoms with Gasteiger partial charge in [-0.05, 0) is 37.6 Å². The average Bonchev–Trinajstić information content (AvgIpc) is 3.26. The number of anilines is 1. The van der Waals surface area contributed by atoms with Gasteiger partial charge in [0, 0.05) is 17.3 Å². The summed E-state index contributed by atoms with van der Waals surface area (Å²) in [7, 11) is 0.